The lowest BCUT2D eigenvalue weighted by molar-refractivity contribution is 0.669. The Balaban J connectivity index is 0.000000224. The molecule has 70 heavy (non-hydrogen) atoms. The molecule has 0 amide bonds. The molecule has 2 aromatic carbocycles. The van der Waals surface area contributed by atoms with Crippen molar-refractivity contribution in [1.29, 1.82) is 0 Å². The average Bonchev–Trinajstić information content (AvgIpc) is 4.09. The van der Waals surface area contributed by atoms with E-state index in [0.29, 0.717) is 0 Å². The first kappa shape index (κ1) is 59.8. The van der Waals surface area contributed by atoms with Crippen LogP contribution < -0.4 is 0 Å². The number of aryl methyl sites for hydroxylation is 5. The van der Waals surface area contributed by atoms with Crippen molar-refractivity contribution < 1.29 is 0 Å². The molecule has 5 aromatic heterocycles. The lowest BCUT2D eigenvalue weighted by atomic mass is 10.2. The molecular formula is C52H92N12Si6. The molecule has 8 rings (SSSR count). The summed E-state index contributed by atoms with van der Waals surface area (Å²) in [6.07, 6.45) is 15.0. The van der Waals surface area contributed by atoms with Gasteiger partial charge < -0.3 is 21.5 Å². The van der Waals surface area contributed by atoms with Gasteiger partial charge in [-0.05, 0) is 65.5 Å². The third-order valence-electron chi connectivity index (χ3n) is 11.3. The molecule has 12 nitrogen and oxygen atoms in total. The Bertz CT molecular complexity index is 2670. The third kappa shape index (κ3) is 18.3. The minimum absolute atomic E-state index is 0.953. The Kier molecular flexibility index (Phi) is 21.2. The normalized spacial score (nSPS) is 13.1. The summed E-state index contributed by atoms with van der Waals surface area (Å²) < 4.78 is 14.0. The van der Waals surface area contributed by atoms with Crippen molar-refractivity contribution in [2.75, 3.05) is 13.1 Å². The van der Waals surface area contributed by atoms with Crippen molar-refractivity contribution in [2.24, 2.45) is 4.99 Å². The van der Waals surface area contributed by atoms with E-state index in [1.807, 2.05) is 45.0 Å². The minimum atomic E-state index is -1.29. The zero-order chi connectivity index (χ0) is 53.0. The van der Waals surface area contributed by atoms with E-state index in [1.54, 1.807) is 0 Å². The van der Waals surface area contributed by atoms with Gasteiger partial charge in [0.15, 0.2) is 41.2 Å². The molecule has 7 aromatic rings. The van der Waals surface area contributed by atoms with Gasteiger partial charge in [-0.15, -0.1) is 0 Å². The van der Waals surface area contributed by atoms with Gasteiger partial charge in [-0.1, -0.05) is 148 Å². The molecule has 6 heterocycles. The van der Waals surface area contributed by atoms with Gasteiger partial charge in [0.1, 0.15) is 14.1 Å². The first-order valence-corrected chi connectivity index (χ1v) is 45.7. The fourth-order valence-electron chi connectivity index (χ4n) is 7.82. The molecule has 384 valence electrons. The Morgan fingerprint density at radius 2 is 1.09 bits per heavy atom. The maximum atomic E-state index is 4.63. The van der Waals surface area contributed by atoms with Crippen LogP contribution in [-0.2, 0) is 6.42 Å². The molecule has 0 N–H and O–H groups in total. The van der Waals surface area contributed by atoms with Crippen LogP contribution in [0.1, 0.15) is 41.2 Å². The number of hydrogen-bond donors (Lipinski definition) is 0. The van der Waals surface area contributed by atoms with Gasteiger partial charge >= 0.3 is 0 Å². The Morgan fingerprint density at radius 3 is 1.49 bits per heavy atom. The van der Waals surface area contributed by atoms with Crippen LogP contribution in [0.15, 0.2) is 109 Å². The van der Waals surface area contributed by atoms with E-state index >= 15 is 0 Å². The van der Waals surface area contributed by atoms with Gasteiger partial charge in [0, 0.05) is 55.2 Å². The molecule has 18 heteroatoms. The summed E-state index contributed by atoms with van der Waals surface area (Å²) in [5.41, 5.74) is 7.16. The molecule has 1 aliphatic heterocycles. The number of rotatable bonds is 8. The molecule has 0 atom stereocenters. The molecule has 1 aliphatic rings. The van der Waals surface area contributed by atoms with Crippen LogP contribution in [0.3, 0.4) is 0 Å². The number of amidine groups is 1. The van der Waals surface area contributed by atoms with E-state index in [9.17, 15) is 0 Å². The molecule has 0 radical (unpaired) electrons. The van der Waals surface area contributed by atoms with E-state index in [2.05, 4.69) is 268 Å². The highest BCUT2D eigenvalue weighted by atomic mass is 28.3. The number of imidazole rings is 4. The summed E-state index contributed by atoms with van der Waals surface area (Å²) in [7, 11) is -7.33. The second-order valence-corrected chi connectivity index (χ2v) is 53.0. The first-order valence-electron chi connectivity index (χ1n) is 25.0. The van der Waals surface area contributed by atoms with Crippen molar-refractivity contribution in [3.8, 4) is 0 Å². The van der Waals surface area contributed by atoms with Gasteiger partial charge in [-0.3, -0.25) is 9.34 Å². The first-order chi connectivity index (χ1) is 32.2. The van der Waals surface area contributed by atoms with E-state index in [-0.39, 0.29) is 0 Å². The van der Waals surface area contributed by atoms with Crippen LogP contribution in [0, 0.1) is 27.7 Å². The Morgan fingerprint density at radius 1 is 0.529 bits per heavy atom. The second kappa shape index (κ2) is 24.8. The summed E-state index contributed by atoms with van der Waals surface area (Å²) in [4.78, 5) is 21.7. The summed E-state index contributed by atoms with van der Waals surface area (Å²) >= 11 is 0. The molecular weight excluding hydrogens is 961 g/mol. The fraction of sp³-hybridized carbons (Fsp3) is 0.500. The van der Waals surface area contributed by atoms with Gasteiger partial charge in [0.2, 0.25) is 0 Å². The van der Waals surface area contributed by atoms with Gasteiger partial charge in [-0.25, -0.2) is 19.9 Å². The van der Waals surface area contributed by atoms with Crippen molar-refractivity contribution in [3.63, 3.8) is 0 Å². The number of fused-ring (bicyclic) bond motifs is 1. The summed E-state index contributed by atoms with van der Waals surface area (Å²) in [6.45, 7) is 54.2. The zero-order valence-electron chi connectivity index (χ0n) is 47.8. The number of para-hydroxylation sites is 2. The van der Waals surface area contributed by atoms with Crippen molar-refractivity contribution in [2.45, 2.75) is 159 Å². The highest BCUT2D eigenvalue weighted by Gasteiger charge is 2.30. The van der Waals surface area contributed by atoms with E-state index in [1.165, 1.54) is 28.4 Å². The van der Waals surface area contributed by atoms with Crippen LogP contribution in [0.4, 0.5) is 0 Å². The minimum Gasteiger partial charge on any atom is -0.381 e. The average molecular weight is 1050 g/mol. The molecule has 0 unspecified atom stereocenters. The number of hydrogen-bond acceptors (Lipinski definition) is 7. The highest BCUT2D eigenvalue weighted by Crippen LogP contribution is 2.20. The van der Waals surface area contributed by atoms with Crippen LogP contribution in [-0.4, -0.2) is 119 Å². The Labute approximate surface area is 430 Å². The number of benzene rings is 2. The van der Waals surface area contributed by atoms with E-state index < -0.39 is 49.4 Å². The van der Waals surface area contributed by atoms with E-state index in [0.717, 1.165) is 42.2 Å². The molecule has 0 saturated carbocycles. The molecule has 0 bridgehead atoms. The monoisotopic (exact) mass is 1050 g/mol. The van der Waals surface area contributed by atoms with Crippen LogP contribution >= 0.6 is 0 Å². The molecule has 0 saturated heterocycles. The van der Waals surface area contributed by atoms with Crippen molar-refractivity contribution in [3.05, 3.63) is 139 Å². The lowest BCUT2D eigenvalue weighted by Crippen LogP contribution is -2.48. The van der Waals surface area contributed by atoms with Gasteiger partial charge in [0.25, 0.3) is 0 Å². The predicted molar refractivity (Wildman–Crippen MR) is 319 cm³/mol. The van der Waals surface area contributed by atoms with Gasteiger partial charge in [-0.2, -0.15) is 5.10 Å². The summed E-state index contributed by atoms with van der Waals surface area (Å²) in [5, 5.41) is 4.46. The second-order valence-electron chi connectivity index (χ2n) is 24.0. The van der Waals surface area contributed by atoms with E-state index in [4.69, 9.17) is 0 Å². The summed E-state index contributed by atoms with van der Waals surface area (Å²) in [5.74, 6) is 3.57. The van der Waals surface area contributed by atoms with Crippen LogP contribution in [0.5, 0.6) is 0 Å². The van der Waals surface area contributed by atoms with Crippen molar-refractivity contribution in [1.82, 2.24) is 50.9 Å². The number of nitrogens with zero attached hydrogens (tertiary/aromatic N) is 12. The maximum Gasteiger partial charge on any atom is 0.176 e. The SMILES string of the molecule is CCc1nccn1[Si](C)(C)C.C[Si](C)(C)N1CCN=C1c1ccccc1.C[Si](C)(C)n1cnc2ccccc21.Cc1cc(C)n([Si](C)(C)C)n1.Cc1cn([Si](C)(C)C)cn1.Cc1nccn1[Si](C)(C)C. The quantitative estimate of drug-likeness (QED) is 0.140. The lowest BCUT2D eigenvalue weighted by Gasteiger charge is -2.33. The number of aromatic nitrogens is 10. The van der Waals surface area contributed by atoms with Crippen LogP contribution in [0.2, 0.25) is 118 Å². The van der Waals surface area contributed by atoms with Crippen LogP contribution in [0.25, 0.3) is 11.0 Å². The highest BCUT2D eigenvalue weighted by molar-refractivity contribution is 6.77. The number of aliphatic imine (C=N–C) groups is 1. The predicted octanol–water partition coefficient (Wildman–Crippen LogP) is 13.4. The molecule has 0 aliphatic carbocycles. The molecule has 0 spiro atoms. The smallest absolute Gasteiger partial charge is 0.176 e. The van der Waals surface area contributed by atoms with Gasteiger partial charge in [0.05, 0.1) is 53.3 Å². The fourth-order valence-corrected chi connectivity index (χ4v) is 16.3. The topological polar surface area (TPSA) is 105 Å². The van der Waals surface area contributed by atoms with Crippen molar-refractivity contribution >= 4 is 66.3 Å². The summed E-state index contributed by atoms with van der Waals surface area (Å²) in [6, 6.07) is 21.0. The largest absolute Gasteiger partial charge is 0.381 e. The molecule has 0 fully saturated rings. The maximum absolute atomic E-state index is 4.63. The zero-order valence-corrected chi connectivity index (χ0v) is 53.8. The third-order valence-corrected chi connectivity index (χ3v) is 22.4. The standard InChI is InChI=1S/C12H18N2Si.C10H14N2Si.2C8H16N2Si.2C7H14N2Si/c1-15(2,3)14-10-9-13-12(14)11-7-5-4-6-8-11;1-13(2,3)12-8-11-9-6-4-5-7-10(9)12;1-7-6-8(2)10(9-7)11(3,4)5;1-5-8-9-6-7-10(8)11(2,3)4;1-7-5-9(6-8-7)10(2,3)4;1-7-8-5-6-9(7)10(2,3)4/h4-8H,9-10H2,1-3H3;4-8H,1-3H3;6H,1-5H3;6-7H,5H2,1-4H3;2*5-6H,1-4H3. The Hall–Kier alpha value is -4.48.